The van der Waals surface area contributed by atoms with Crippen LogP contribution < -0.4 is 0 Å². The zero-order valence-corrected chi connectivity index (χ0v) is 14.9. The summed E-state index contributed by atoms with van der Waals surface area (Å²) >= 11 is 0. The standard InChI is InChI=1S/C21H30O2/c1-13(22)20(2)11-9-19-18-6-4-14-12-15(23)5-7-16(14)17(18)8-10-21(19,20)3/h12,16-19H,4-11H2,1-3H3/t16?,17?,18?,19?,20-,21?/m1/s1. The highest BCUT2D eigenvalue weighted by Gasteiger charge is 2.62. The minimum absolute atomic E-state index is 0.110. The van der Waals surface area contributed by atoms with E-state index in [4.69, 9.17) is 0 Å². The molecule has 0 bridgehead atoms. The van der Waals surface area contributed by atoms with Gasteiger partial charge in [0.05, 0.1) is 0 Å². The van der Waals surface area contributed by atoms with Crippen molar-refractivity contribution in [1.29, 1.82) is 0 Å². The van der Waals surface area contributed by atoms with E-state index in [1.807, 2.05) is 13.0 Å². The first-order valence-corrected chi connectivity index (χ1v) is 9.61. The SMILES string of the molecule is CC(=O)[C@@]1(C)CCC2C3CCC4=CC(=O)CCC4C3CCC21C. The van der Waals surface area contributed by atoms with Crippen LogP contribution in [0.15, 0.2) is 11.6 Å². The highest BCUT2D eigenvalue weighted by atomic mass is 16.1. The molecule has 0 aromatic carbocycles. The maximum absolute atomic E-state index is 12.4. The molecule has 3 fully saturated rings. The summed E-state index contributed by atoms with van der Waals surface area (Å²) < 4.78 is 0. The lowest BCUT2D eigenvalue weighted by atomic mass is 9.48. The molecule has 126 valence electrons. The highest BCUT2D eigenvalue weighted by Crippen LogP contribution is 2.67. The molecule has 4 aliphatic carbocycles. The molecule has 0 saturated heterocycles. The van der Waals surface area contributed by atoms with Crippen molar-refractivity contribution >= 4 is 11.6 Å². The fourth-order valence-corrected chi connectivity index (χ4v) is 7.03. The second-order valence-corrected chi connectivity index (χ2v) is 9.19. The van der Waals surface area contributed by atoms with E-state index >= 15 is 0 Å². The summed E-state index contributed by atoms with van der Waals surface area (Å²) in [5, 5.41) is 0. The van der Waals surface area contributed by atoms with Crippen LogP contribution in [0, 0.1) is 34.5 Å². The molecule has 0 aromatic rings. The molecule has 3 saturated carbocycles. The number of allylic oxidation sites excluding steroid dienone is 1. The van der Waals surface area contributed by atoms with Gasteiger partial charge < -0.3 is 0 Å². The first kappa shape index (κ1) is 15.6. The average molecular weight is 314 g/mol. The Balaban J connectivity index is 1.65. The lowest BCUT2D eigenvalue weighted by Gasteiger charge is -2.56. The summed E-state index contributed by atoms with van der Waals surface area (Å²) in [6.07, 6.45) is 11.0. The summed E-state index contributed by atoms with van der Waals surface area (Å²) in [6.45, 7) is 6.47. The Morgan fingerprint density at radius 1 is 1.04 bits per heavy atom. The second kappa shape index (κ2) is 5.04. The van der Waals surface area contributed by atoms with E-state index in [-0.39, 0.29) is 10.8 Å². The van der Waals surface area contributed by atoms with Crippen molar-refractivity contribution in [3.63, 3.8) is 0 Å². The van der Waals surface area contributed by atoms with E-state index in [9.17, 15) is 9.59 Å². The van der Waals surface area contributed by atoms with Gasteiger partial charge in [0.15, 0.2) is 5.78 Å². The summed E-state index contributed by atoms with van der Waals surface area (Å²) in [6, 6.07) is 0. The quantitative estimate of drug-likeness (QED) is 0.701. The molecular weight excluding hydrogens is 284 g/mol. The lowest BCUT2D eigenvalue weighted by molar-refractivity contribution is -0.137. The number of carbonyl (C=O) groups is 2. The summed E-state index contributed by atoms with van der Waals surface area (Å²) in [4.78, 5) is 24.2. The topological polar surface area (TPSA) is 34.1 Å². The zero-order valence-electron chi connectivity index (χ0n) is 14.9. The van der Waals surface area contributed by atoms with Crippen molar-refractivity contribution in [2.75, 3.05) is 0 Å². The van der Waals surface area contributed by atoms with Crippen molar-refractivity contribution in [2.24, 2.45) is 34.5 Å². The molecule has 4 rings (SSSR count). The lowest BCUT2D eigenvalue weighted by Crippen LogP contribution is -2.50. The normalized spacial score (nSPS) is 49.0. The Morgan fingerprint density at radius 3 is 2.57 bits per heavy atom. The van der Waals surface area contributed by atoms with Crippen LogP contribution >= 0.6 is 0 Å². The smallest absolute Gasteiger partial charge is 0.155 e. The molecule has 23 heavy (non-hydrogen) atoms. The largest absolute Gasteiger partial charge is 0.299 e. The van der Waals surface area contributed by atoms with Crippen molar-refractivity contribution < 1.29 is 9.59 Å². The van der Waals surface area contributed by atoms with Gasteiger partial charge in [-0.15, -0.1) is 0 Å². The van der Waals surface area contributed by atoms with E-state index < -0.39 is 0 Å². The first-order valence-electron chi connectivity index (χ1n) is 9.61. The third kappa shape index (κ3) is 1.99. The van der Waals surface area contributed by atoms with Gasteiger partial charge in [-0.25, -0.2) is 0 Å². The molecule has 0 amide bonds. The summed E-state index contributed by atoms with van der Waals surface area (Å²) in [5.74, 6) is 3.69. The molecule has 0 aromatic heterocycles. The van der Waals surface area contributed by atoms with Crippen LogP contribution in [-0.2, 0) is 9.59 Å². The van der Waals surface area contributed by atoms with Gasteiger partial charge in [-0.05, 0) is 87.0 Å². The maximum Gasteiger partial charge on any atom is 0.155 e. The number of carbonyl (C=O) groups excluding carboxylic acids is 2. The van der Waals surface area contributed by atoms with Gasteiger partial charge in [-0.1, -0.05) is 19.4 Å². The molecule has 2 nitrogen and oxygen atoms in total. The third-order valence-electron chi connectivity index (χ3n) is 8.68. The van der Waals surface area contributed by atoms with Gasteiger partial charge in [0.25, 0.3) is 0 Å². The van der Waals surface area contributed by atoms with E-state index in [0.717, 1.165) is 37.5 Å². The van der Waals surface area contributed by atoms with E-state index in [1.54, 1.807) is 0 Å². The predicted molar refractivity (Wildman–Crippen MR) is 90.9 cm³/mol. The predicted octanol–water partition coefficient (Wildman–Crippen LogP) is 4.72. The molecule has 0 spiro atoms. The van der Waals surface area contributed by atoms with Crippen LogP contribution in [0.2, 0.25) is 0 Å². The molecule has 0 N–H and O–H groups in total. The Morgan fingerprint density at radius 2 is 1.83 bits per heavy atom. The monoisotopic (exact) mass is 314 g/mol. The minimum Gasteiger partial charge on any atom is -0.299 e. The van der Waals surface area contributed by atoms with E-state index in [1.165, 1.54) is 31.3 Å². The Labute approximate surface area is 140 Å². The van der Waals surface area contributed by atoms with E-state index in [2.05, 4.69) is 13.8 Å². The summed E-state index contributed by atoms with van der Waals surface area (Å²) in [5.41, 5.74) is 1.55. The van der Waals surface area contributed by atoms with Crippen LogP contribution in [0.4, 0.5) is 0 Å². The van der Waals surface area contributed by atoms with Crippen LogP contribution in [-0.4, -0.2) is 11.6 Å². The molecule has 2 heteroatoms. The Bertz CT molecular complexity index is 589. The van der Waals surface area contributed by atoms with Crippen molar-refractivity contribution in [3.05, 3.63) is 11.6 Å². The molecule has 6 atom stereocenters. The number of fused-ring (bicyclic) bond motifs is 5. The highest BCUT2D eigenvalue weighted by molar-refractivity contribution is 5.91. The molecule has 0 heterocycles. The van der Waals surface area contributed by atoms with Gasteiger partial charge >= 0.3 is 0 Å². The summed E-state index contributed by atoms with van der Waals surface area (Å²) in [7, 11) is 0. The number of Topliss-reactive ketones (excluding diaryl/α,β-unsaturated/α-hetero) is 1. The number of hydrogen-bond acceptors (Lipinski definition) is 2. The van der Waals surface area contributed by atoms with Gasteiger partial charge in [-0.2, -0.15) is 0 Å². The van der Waals surface area contributed by atoms with Crippen LogP contribution in [0.5, 0.6) is 0 Å². The Hall–Kier alpha value is -0.920. The molecule has 4 aliphatic rings. The van der Waals surface area contributed by atoms with Gasteiger partial charge in [-0.3, -0.25) is 9.59 Å². The average Bonchev–Trinajstić information content (AvgIpc) is 2.80. The minimum atomic E-state index is -0.110. The fraction of sp³-hybridized carbons (Fsp3) is 0.810. The van der Waals surface area contributed by atoms with E-state index in [0.29, 0.717) is 23.4 Å². The third-order valence-corrected chi connectivity index (χ3v) is 8.68. The van der Waals surface area contributed by atoms with Gasteiger partial charge in [0.2, 0.25) is 0 Å². The number of ketones is 2. The first-order chi connectivity index (χ1) is 10.9. The van der Waals surface area contributed by atoms with Crippen molar-refractivity contribution in [3.8, 4) is 0 Å². The van der Waals surface area contributed by atoms with Crippen molar-refractivity contribution in [1.82, 2.24) is 0 Å². The molecule has 0 aliphatic heterocycles. The Kier molecular flexibility index (Phi) is 3.42. The molecular formula is C21H30O2. The molecule has 5 unspecified atom stereocenters. The van der Waals surface area contributed by atoms with Crippen LogP contribution in [0.3, 0.4) is 0 Å². The second-order valence-electron chi connectivity index (χ2n) is 9.19. The fourth-order valence-electron chi connectivity index (χ4n) is 7.03. The van der Waals surface area contributed by atoms with Crippen molar-refractivity contribution in [2.45, 2.75) is 72.1 Å². The number of rotatable bonds is 1. The van der Waals surface area contributed by atoms with Gasteiger partial charge in [0.1, 0.15) is 5.78 Å². The van der Waals surface area contributed by atoms with Crippen LogP contribution in [0.25, 0.3) is 0 Å². The number of hydrogen-bond donors (Lipinski definition) is 0. The molecule has 0 radical (unpaired) electrons. The van der Waals surface area contributed by atoms with Crippen LogP contribution in [0.1, 0.15) is 72.1 Å². The zero-order chi connectivity index (χ0) is 16.4. The van der Waals surface area contributed by atoms with Gasteiger partial charge in [0, 0.05) is 11.8 Å². The maximum atomic E-state index is 12.4.